The normalized spacial score (nSPS) is 27.2. The van der Waals surface area contributed by atoms with Crippen LogP contribution in [0.4, 0.5) is 0 Å². The third kappa shape index (κ3) is 2.38. The Labute approximate surface area is 108 Å². The predicted octanol–water partition coefficient (Wildman–Crippen LogP) is 2.04. The van der Waals surface area contributed by atoms with Gasteiger partial charge in [0.2, 0.25) is 0 Å². The van der Waals surface area contributed by atoms with Gasteiger partial charge in [0, 0.05) is 12.5 Å². The molecule has 0 spiro atoms. The van der Waals surface area contributed by atoms with Crippen LogP contribution in [0.15, 0.2) is 18.2 Å². The Morgan fingerprint density at radius 1 is 1.44 bits per heavy atom. The molecule has 1 unspecified atom stereocenters. The molecule has 18 heavy (non-hydrogen) atoms. The quantitative estimate of drug-likeness (QED) is 0.855. The van der Waals surface area contributed by atoms with E-state index in [1.54, 1.807) is 0 Å². The molecule has 1 atom stereocenters. The van der Waals surface area contributed by atoms with Crippen LogP contribution in [0.1, 0.15) is 36.9 Å². The molecule has 0 aromatic heterocycles. The summed E-state index contributed by atoms with van der Waals surface area (Å²) >= 11 is 0. The van der Waals surface area contributed by atoms with Crippen molar-refractivity contribution in [2.75, 3.05) is 13.2 Å². The number of hydrogen-bond donors (Lipinski definition) is 2. The van der Waals surface area contributed by atoms with Crippen molar-refractivity contribution in [1.82, 2.24) is 5.32 Å². The molecule has 1 aliphatic carbocycles. The predicted molar refractivity (Wildman–Crippen MR) is 70.8 cm³/mol. The van der Waals surface area contributed by atoms with Gasteiger partial charge in [0.1, 0.15) is 5.75 Å². The lowest BCUT2D eigenvalue weighted by molar-refractivity contribution is 0.0420. The Hall–Kier alpha value is -1.06. The molecule has 2 aliphatic rings. The van der Waals surface area contributed by atoms with Crippen molar-refractivity contribution < 1.29 is 9.84 Å². The van der Waals surface area contributed by atoms with Gasteiger partial charge in [-0.3, -0.25) is 0 Å². The van der Waals surface area contributed by atoms with Gasteiger partial charge in [-0.1, -0.05) is 12.1 Å². The van der Waals surface area contributed by atoms with Crippen LogP contribution in [0.2, 0.25) is 0 Å². The first-order chi connectivity index (χ1) is 8.72. The van der Waals surface area contributed by atoms with Crippen LogP contribution in [-0.2, 0) is 6.42 Å². The highest BCUT2D eigenvalue weighted by Gasteiger charge is 2.27. The number of aliphatic hydroxyl groups excluding tert-OH is 1. The molecule has 3 nitrogen and oxygen atoms in total. The molecule has 1 aliphatic heterocycles. The van der Waals surface area contributed by atoms with Crippen LogP contribution in [0.5, 0.6) is 5.75 Å². The highest BCUT2D eigenvalue weighted by atomic mass is 16.5. The Balaban J connectivity index is 1.57. The molecule has 2 N–H and O–H groups in total. The van der Waals surface area contributed by atoms with E-state index in [9.17, 15) is 5.11 Å². The monoisotopic (exact) mass is 247 g/mol. The number of fused-ring (bicyclic) bond motifs is 1. The van der Waals surface area contributed by atoms with Crippen molar-refractivity contribution in [2.24, 2.45) is 5.92 Å². The molecular weight excluding hydrogens is 226 g/mol. The molecule has 1 aromatic rings. The standard InChI is InChI=1S/C15H21NO2/c1-10(16-9-11-6-14(17)7-11)12-2-3-15-13(8-12)4-5-18-15/h2-3,8,10-11,14,16-17H,4-7,9H2,1H3. The molecule has 98 valence electrons. The van der Waals surface area contributed by atoms with E-state index in [1.165, 1.54) is 11.1 Å². The molecule has 1 heterocycles. The minimum absolute atomic E-state index is 0.0516. The summed E-state index contributed by atoms with van der Waals surface area (Å²) in [6.07, 6.45) is 2.89. The summed E-state index contributed by atoms with van der Waals surface area (Å²) in [5.74, 6) is 1.70. The maximum absolute atomic E-state index is 9.26. The highest BCUT2D eigenvalue weighted by molar-refractivity contribution is 5.40. The van der Waals surface area contributed by atoms with Crippen molar-refractivity contribution in [3.05, 3.63) is 29.3 Å². The number of ether oxygens (including phenoxy) is 1. The van der Waals surface area contributed by atoms with Gasteiger partial charge in [-0.25, -0.2) is 0 Å². The SMILES string of the molecule is CC(NCC1CC(O)C1)c1ccc2c(c1)CCO2. The molecule has 0 radical (unpaired) electrons. The average molecular weight is 247 g/mol. The second kappa shape index (κ2) is 4.90. The first kappa shape index (κ1) is 12.0. The maximum atomic E-state index is 9.26. The minimum Gasteiger partial charge on any atom is -0.493 e. The van der Waals surface area contributed by atoms with E-state index in [0.717, 1.165) is 38.2 Å². The van der Waals surface area contributed by atoms with Gasteiger partial charge >= 0.3 is 0 Å². The van der Waals surface area contributed by atoms with Crippen LogP contribution >= 0.6 is 0 Å². The van der Waals surface area contributed by atoms with Crippen molar-refractivity contribution in [3.63, 3.8) is 0 Å². The van der Waals surface area contributed by atoms with Crippen molar-refractivity contribution in [1.29, 1.82) is 0 Å². The zero-order valence-electron chi connectivity index (χ0n) is 10.9. The second-order valence-electron chi connectivity index (χ2n) is 5.59. The van der Waals surface area contributed by atoms with Crippen molar-refractivity contribution in [2.45, 2.75) is 38.3 Å². The fourth-order valence-electron chi connectivity index (χ4n) is 2.80. The first-order valence-corrected chi connectivity index (χ1v) is 6.89. The lowest BCUT2D eigenvalue weighted by atomic mass is 9.82. The average Bonchev–Trinajstić information content (AvgIpc) is 2.79. The lowest BCUT2D eigenvalue weighted by Gasteiger charge is -2.32. The summed E-state index contributed by atoms with van der Waals surface area (Å²) in [6.45, 7) is 4.03. The highest BCUT2D eigenvalue weighted by Crippen LogP contribution is 2.29. The summed E-state index contributed by atoms with van der Waals surface area (Å²) in [5.41, 5.74) is 2.67. The van der Waals surface area contributed by atoms with E-state index in [1.807, 2.05) is 0 Å². The van der Waals surface area contributed by atoms with Crippen LogP contribution in [0, 0.1) is 5.92 Å². The van der Waals surface area contributed by atoms with Gasteiger partial charge in [0.25, 0.3) is 0 Å². The van der Waals surface area contributed by atoms with Gasteiger partial charge in [-0.05, 0) is 49.4 Å². The number of rotatable bonds is 4. The van der Waals surface area contributed by atoms with E-state index in [2.05, 4.69) is 30.4 Å². The van der Waals surface area contributed by atoms with E-state index in [-0.39, 0.29) is 6.10 Å². The molecular formula is C15H21NO2. The van der Waals surface area contributed by atoms with Crippen LogP contribution < -0.4 is 10.1 Å². The van der Waals surface area contributed by atoms with Crippen molar-refractivity contribution in [3.8, 4) is 5.75 Å². The topological polar surface area (TPSA) is 41.5 Å². The third-order valence-electron chi connectivity index (χ3n) is 4.14. The number of aliphatic hydroxyl groups is 1. The van der Waals surface area contributed by atoms with Gasteiger partial charge in [0.05, 0.1) is 12.7 Å². The summed E-state index contributed by atoms with van der Waals surface area (Å²) in [7, 11) is 0. The summed E-state index contributed by atoms with van der Waals surface area (Å²) in [4.78, 5) is 0. The van der Waals surface area contributed by atoms with Gasteiger partial charge in [-0.15, -0.1) is 0 Å². The molecule has 0 bridgehead atoms. The third-order valence-corrected chi connectivity index (χ3v) is 4.14. The molecule has 3 heteroatoms. The van der Waals surface area contributed by atoms with Crippen LogP contribution in [0.25, 0.3) is 0 Å². The second-order valence-corrected chi connectivity index (χ2v) is 5.59. The Morgan fingerprint density at radius 3 is 3.06 bits per heavy atom. The first-order valence-electron chi connectivity index (χ1n) is 6.89. The summed E-state index contributed by atoms with van der Waals surface area (Å²) in [5, 5.41) is 12.8. The Kier molecular flexibility index (Phi) is 3.27. The van der Waals surface area contributed by atoms with Crippen molar-refractivity contribution >= 4 is 0 Å². The number of hydrogen-bond acceptors (Lipinski definition) is 3. The van der Waals surface area contributed by atoms with Crippen LogP contribution in [0.3, 0.4) is 0 Å². The summed E-state index contributed by atoms with van der Waals surface area (Å²) in [6, 6.07) is 6.87. The number of benzene rings is 1. The zero-order chi connectivity index (χ0) is 12.5. The van der Waals surface area contributed by atoms with E-state index < -0.39 is 0 Å². The molecule has 3 rings (SSSR count). The molecule has 1 fully saturated rings. The smallest absolute Gasteiger partial charge is 0.122 e. The minimum atomic E-state index is -0.0516. The Morgan fingerprint density at radius 2 is 2.28 bits per heavy atom. The molecule has 0 amide bonds. The maximum Gasteiger partial charge on any atom is 0.122 e. The van der Waals surface area contributed by atoms with E-state index in [4.69, 9.17) is 4.74 Å². The summed E-state index contributed by atoms with van der Waals surface area (Å²) < 4.78 is 5.52. The Bertz CT molecular complexity index is 427. The number of nitrogens with one attached hydrogen (secondary N) is 1. The van der Waals surface area contributed by atoms with Gasteiger partial charge < -0.3 is 15.2 Å². The molecule has 1 saturated carbocycles. The van der Waals surface area contributed by atoms with E-state index in [0.29, 0.717) is 12.0 Å². The van der Waals surface area contributed by atoms with E-state index >= 15 is 0 Å². The lowest BCUT2D eigenvalue weighted by Crippen LogP contribution is -2.36. The van der Waals surface area contributed by atoms with Gasteiger partial charge in [0.15, 0.2) is 0 Å². The fourth-order valence-corrected chi connectivity index (χ4v) is 2.80. The van der Waals surface area contributed by atoms with Gasteiger partial charge in [-0.2, -0.15) is 0 Å². The van der Waals surface area contributed by atoms with Crippen LogP contribution in [-0.4, -0.2) is 24.4 Å². The molecule has 0 saturated heterocycles. The fraction of sp³-hybridized carbons (Fsp3) is 0.600. The zero-order valence-corrected chi connectivity index (χ0v) is 10.9. The largest absolute Gasteiger partial charge is 0.493 e. The molecule has 1 aromatic carbocycles.